The highest BCUT2D eigenvalue weighted by Gasteiger charge is 2.29. The Morgan fingerprint density at radius 3 is 2.79 bits per heavy atom. The van der Waals surface area contributed by atoms with Crippen molar-refractivity contribution < 1.29 is 14.3 Å². The number of rotatable bonds is 5. The molecule has 0 amide bonds. The van der Waals surface area contributed by atoms with Gasteiger partial charge in [-0.1, -0.05) is 6.07 Å². The van der Waals surface area contributed by atoms with Crippen LogP contribution in [0.15, 0.2) is 18.2 Å². The molecule has 0 heterocycles. The molecule has 1 saturated carbocycles. The van der Waals surface area contributed by atoms with Gasteiger partial charge in [0.2, 0.25) is 0 Å². The summed E-state index contributed by atoms with van der Waals surface area (Å²) in [4.78, 5) is 11.5. The number of benzene rings is 1. The summed E-state index contributed by atoms with van der Waals surface area (Å²) in [6.45, 7) is 4.82. The molecule has 0 atom stereocenters. The van der Waals surface area contributed by atoms with E-state index in [1.807, 2.05) is 26.0 Å². The van der Waals surface area contributed by atoms with Gasteiger partial charge in [-0.05, 0) is 44.4 Å². The fourth-order valence-electron chi connectivity index (χ4n) is 2.30. The average Bonchev–Trinajstić information content (AvgIpc) is 2.37. The van der Waals surface area contributed by atoms with Gasteiger partial charge < -0.3 is 14.8 Å². The minimum absolute atomic E-state index is 0.302. The van der Waals surface area contributed by atoms with Crippen LogP contribution in [0.2, 0.25) is 0 Å². The summed E-state index contributed by atoms with van der Waals surface area (Å²) in [7, 11) is 1.40. The van der Waals surface area contributed by atoms with Gasteiger partial charge in [-0.2, -0.15) is 0 Å². The van der Waals surface area contributed by atoms with Crippen LogP contribution in [0.1, 0.15) is 35.7 Å². The van der Waals surface area contributed by atoms with Crippen LogP contribution in [0.3, 0.4) is 0 Å². The van der Waals surface area contributed by atoms with E-state index in [2.05, 4.69) is 5.32 Å². The van der Waals surface area contributed by atoms with Crippen LogP contribution in [-0.4, -0.2) is 31.8 Å². The van der Waals surface area contributed by atoms with Crippen molar-refractivity contribution in [3.05, 3.63) is 29.3 Å². The Kier molecular flexibility index (Phi) is 4.43. The molecule has 0 bridgehead atoms. The molecule has 1 aromatic rings. The quantitative estimate of drug-likeness (QED) is 0.830. The Bertz CT molecular complexity index is 453. The third-order valence-electron chi connectivity index (χ3n) is 3.52. The van der Waals surface area contributed by atoms with Crippen LogP contribution >= 0.6 is 0 Å². The smallest absolute Gasteiger partial charge is 0.337 e. The molecule has 4 nitrogen and oxygen atoms in total. The van der Waals surface area contributed by atoms with E-state index < -0.39 is 0 Å². The zero-order chi connectivity index (χ0) is 13.8. The number of methoxy groups -OCH3 is 1. The summed E-state index contributed by atoms with van der Waals surface area (Å²) >= 11 is 0. The van der Waals surface area contributed by atoms with Crippen molar-refractivity contribution in [2.24, 2.45) is 0 Å². The van der Waals surface area contributed by atoms with E-state index in [0.29, 0.717) is 17.7 Å². The van der Waals surface area contributed by atoms with Crippen LogP contribution in [-0.2, 0) is 9.47 Å². The van der Waals surface area contributed by atoms with Crippen molar-refractivity contribution in [3.63, 3.8) is 0 Å². The van der Waals surface area contributed by atoms with Crippen molar-refractivity contribution in [3.8, 4) is 0 Å². The van der Waals surface area contributed by atoms with E-state index in [4.69, 9.17) is 9.47 Å². The number of carbonyl (C=O) groups excluding carboxylic acids is 1. The lowest BCUT2D eigenvalue weighted by Crippen LogP contribution is -2.41. The molecule has 1 N–H and O–H groups in total. The highest BCUT2D eigenvalue weighted by Crippen LogP contribution is 2.28. The lowest BCUT2D eigenvalue weighted by atomic mass is 9.88. The molecule has 104 valence electrons. The van der Waals surface area contributed by atoms with Gasteiger partial charge in [0.05, 0.1) is 18.8 Å². The monoisotopic (exact) mass is 263 g/mol. The largest absolute Gasteiger partial charge is 0.465 e. The van der Waals surface area contributed by atoms with Gasteiger partial charge in [-0.3, -0.25) is 0 Å². The SMILES string of the molecule is CCOC1CC(Nc2cc(C(=O)OC)ccc2C)C1. The summed E-state index contributed by atoms with van der Waals surface area (Å²) in [5.41, 5.74) is 2.71. The third-order valence-corrected chi connectivity index (χ3v) is 3.52. The molecule has 0 aromatic heterocycles. The fourth-order valence-corrected chi connectivity index (χ4v) is 2.30. The molecule has 0 saturated heterocycles. The molecule has 0 spiro atoms. The first-order valence-electron chi connectivity index (χ1n) is 6.71. The normalized spacial score (nSPS) is 21.6. The van der Waals surface area contributed by atoms with Gasteiger partial charge in [-0.25, -0.2) is 4.79 Å². The predicted octanol–water partition coefficient (Wildman–Crippen LogP) is 2.76. The highest BCUT2D eigenvalue weighted by molar-refractivity contribution is 5.90. The van der Waals surface area contributed by atoms with Crippen LogP contribution in [0.4, 0.5) is 5.69 Å². The Balaban J connectivity index is 1.98. The molecule has 4 heteroatoms. The number of esters is 1. The third kappa shape index (κ3) is 3.26. The number of ether oxygens (including phenoxy) is 2. The lowest BCUT2D eigenvalue weighted by molar-refractivity contribution is 0.00297. The topological polar surface area (TPSA) is 47.6 Å². The molecule has 0 unspecified atom stereocenters. The Hall–Kier alpha value is -1.55. The van der Waals surface area contributed by atoms with E-state index in [0.717, 1.165) is 30.7 Å². The van der Waals surface area contributed by atoms with Crippen molar-refractivity contribution in [1.29, 1.82) is 0 Å². The predicted molar refractivity (Wildman–Crippen MR) is 74.6 cm³/mol. The standard InChI is InChI=1S/C15H21NO3/c1-4-19-13-8-12(9-13)16-14-7-11(15(17)18-3)6-5-10(14)2/h5-7,12-13,16H,4,8-9H2,1-3H3. The number of nitrogens with one attached hydrogen (secondary N) is 1. The lowest BCUT2D eigenvalue weighted by Gasteiger charge is -2.36. The Morgan fingerprint density at radius 2 is 2.16 bits per heavy atom. The molecular formula is C15H21NO3. The molecular weight excluding hydrogens is 242 g/mol. The van der Waals surface area contributed by atoms with Crippen molar-refractivity contribution in [1.82, 2.24) is 0 Å². The van der Waals surface area contributed by atoms with E-state index >= 15 is 0 Å². The minimum Gasteiger partial charge on any atom is -0.465 e. The van der Waals surface area contributed by atoms with Crippen LogP contribution in [0.25, 0.3) is 0 Å². The minimum atomic E-state index is -0.302. The van der Waals surface area contributed by atoms with Gasteiger partial charge >= 0.3 is 5.97 Å². The molecule has 0 radical (unpaired) electrons. The first kappa shape index (κ1) is 13.9. The van der Waals surface area contributed by atoms with Crippen LogP contribution in [0, 0.1) is 6.92 Å². The second-order valence-electron chi connectivity index (χ2n) is 4.91. The number of anilines is 1. The zero-order valence-corrected chi connectivity index (χ0v) is 11.7. The fraction of sp³-hybridized carbons (Fsp3) is 0.533. The van der Waals surface area contributed by atoms with E-state index in [-0.39, 0.29) is 5.97 Å². The van der Waals surface area contributed by atoms with Gasteiger partial charge in [0, 0.05) is 18.3 Å². The second kappa shape index (κ2) is 6.06. The highest BCUT2D eigenvalue weighted by atomic mass is 16.5. The molecule has 1 aliphatic carbocycles. The van der Waals surface area contributed by atoms with E-state index in [1.165, 1.54) is 7.11 Å². The molecule has 1 fully saturated rings. The number of hydrogen-bond donors (Lipinski definition) is 1. The van der Waals surface area contributed by atoms with Gasteiger partial charge in [0.1, 0.15) is 0 Å². The van der Waals surface area contributed by atoms with E-state index in [9.17, 15) is 4.79 Å². The summed E-state index contributed by atoms with van der Waals surface area (Å²) in [5.74, 6) is -0.302. The summed E-state index contributed by atoms with van der Waals surface area (Å²) in [6, 6.07) is 6.02. The maximum absolute atomic E-state index is 11.5. The van der Waals surface area contributed by atoms with Crippen LogP contribution < -0.4 is 5.32 Å². The van der Waals surface area contributed by atoms with Crippen molar-refractivity contribution in [2.45, 2.75) is 38.8 Å². The van der Waals surface area contributed by atoms with Crippen molar-refractivity contribution in [2.75, 3.05) is 19.0 Å². The molecule has 0 aliphatic heterocycles. The summed E-state index contributed by atoms with van der Waals surface area (Å²) in [5, 5.41) is 3.47. The summed E-state index contributed by atoms with van der Waals surface area (Å²) < 4.78 is 10.3. The molecule has 1 aromatic carbocycles. The molecule has 19 heavy (non-hydrogen) atoms. The number of hydrogen-bond acceptors (Lipinski definition) is 4. The van der Waals surface area contributed by atoms with Gasteiger partial charge in [-0.15, -0.1) is 0 Å². The van der Waals surface area contributed by atoms with Crippen molar-refractivity contribution >= 4 is 11.7 Å². The first-order valence-corrected chi connectivity index (χ1v) is 6.71. The van der Waals surface area contributed by atoms with Gasteiger partial charge in [0.15, 0.2) is 0 Å². The molecule has 2 rings (SSSR count). The maximum atomic E-state index is 11.5. The molecule has 1 aliphatic rings. The number of aryl methyl sites for hydroxylation is 1. The second-order valence-corrected chi connectivity index (χ2v) is 4.91. The summed E-state index contributed by atoms with van der Waals surface area (Å²) in [6.07, 6.45) is 2.43. The first-order chi connectivity index (χ1) is 9.13. The van der Waals surface area contributed by atoms with E-state index in [1.54, 1.807) is 6.07 Å². The van der Waals surface area contributed by atoms with Crippen LogP contribution in [0.5, 0.6) is 0 Å². The number of carbonyl (C=O) groups is 1. The average molecular weight is 263 g/mol. The zero-order valence-electron chi connectivity index (χ0n) is 11.7. The Labute approximate surface area is 114 Å². The maximum Gasteiger partial charge on any atom is 0.337 e. The van der Waals surface area contributed by atoms with Gasteiger partial charge in [0.25, 0.3) is 0 Å². The Morgan fingerprint density at radius 1 is 1.42 bits per heavy atom.